The van der Waals surface area contributed by atoms with Gasteiger partial charge in [-0.05, 0) is 74.0 Å². The average molecular weight is 501 g/mol. The number of hydrogen-bond donors (Lipinski definition) is 2. The van der Waals surface area contributed by atoms with Gasteiger partial charge in [0.2, 0.25) is 0 Å². The molecule has 1 atom stereocenters. The summed E-state index contributed by atoms with van der Waals surface area (Å²) in [4.78, 5) is 31.3. The summed E-state index contributed by atoms with van der Waals surface area (Å²) in [7, 11) is 0. The zero-order valence-electron chi connectivity index (χ0n) is 17.4. The minimum Gasteiger partial charge on any atom is -0.350 e. The van der Waals surface area contributed by atoms with E-state index in [4.69, 9.17) is 12.2 Å². The lowest BCUT2D eigenvalue weighted by Crippen LogP contribution is -2.40. The van der Waals surface area contributed by atoms with Crippen molar-refractivity contribution in [1.82, 2.24) is 19.8 Å². The molecule has 1 unspecified atom stereocenters. The van der Waals surface area contributed by atoms with Gasteiger partial charge in [-0.2, -0.15) is 0 Å². The van der Waals surface area contributed by atoms with Crippen LogP contribution in [0.4, 0.5) is 0 Å². The number of nitrogens with zero attached hydrogens (tertiary/aromatic N) is 2. The Morgan fingerprint density at radius 1 is 1.29 bits per heavy atom. The molecular formula is C23H25BrN4O2S. The minimum absolute atomic E-state index is 0.137. The number of likely N-dealkylation sites (tertiary alicyclic amines) is 1. The summed E-state index contributed by atoms with van der Waals surface area (Å²) in [6.07, 6.45) is 2.28. The van der Waals surface area contributed by atoms with Gasteiger partial charge < -0.3 is 10.3 Å². The lowest BCUT2D eigenvalue weighted by atomic mass is 10.1. The standard InChI is InChI=1S/C23H25BrN4O2S/c1-2-27-10-4-7-18(27)13-25-21(29)16-8-9-19-20(12-16)26-23(31)28(22(19)30)14-15-5-3-6-17(24)11-15/h3,5-6,8-9,11-12,18H,2,4,7,10,13-14H2,1H3,(H,25,29)(H,26,31). The van der Waals surface area contributed by atoms with Crippen molar-refractivity contribution in [2.75, 3.05) is 19.6 Å². The van der Waals surface area contributed by atoms with Crippen LogP contribution in [-0.4, -0.2) is 46.0 Å². The summed E-state index contributed by atoms with van der Waals surface area (Å²) in [5.41, 5.74) is 1.89. The highest BCUT2D eigenvalue weighted by Gasteiger charge is 2.23. The minimum atomic E-state index is -0.171. The van der Waals surface area contributed by atoms with E-state index in [0.717, 1.165) is 29.5 Å². The maximum absolute atomic E-state index is 13.0. The van der Waals surface area contributed by atoms with E-state index in [9.17, 15) is 9.59 Å². The van der Waals surface area contributed by atoms with Crippen LogP contribution in [-0.2, 0) is 6.54 Å². The molecule has 3 aromatic rings. The number of rotatable bonds is 6. The Hall–Kier alpha value is -2.29. The Morgan fingerprint density at radius 3 is 2.90 bits per heavy atom. The summed E-state index contributed by atoms with van der Waals surface area (Å²) >= 11 is 8.90. The van der Waals surface area contributed by atoms with Crippen LogP contribution in [0.3, 0.4) is 0 Å². The van der Waals surface area contributed by atoms with Crippen molar-refractivity contribution in [1.29, 1.82) is 0 Å². The molecule has 162 valence electrons. The van der Waals surface area contributed by atoms with Gasteiger partial charge in [-0.3, -0.25) is 19.1 Å². The number of likely N-dealkylation sites (N-methyl/N-ethyl adjacent to an activating group) is 1. The van der Waals surface area contributed by atoms with Crippen molar-refractivity contribution in [2.45, 2.75) is 32.4 Å². The third-order valence-electron chi connectivity index (χ3n) is 5.88. The van der Waals surface area contributed by atoms with Crippen molar-refractivity contribution in [2.24, 2.45) is 0 Å². The number of H-pyrrole nitrogens is 1. The van der Waals surface area contributed by atoms with E-state index in [1.807, 2.05) is 24.3 Å². The number of fused-ring (bicyclic) bond motifs is 1. The second-order valence-electron chi connectivity index (χ2n) is 7.85. The topological polar surface area (TPSA) is 70.1 Å². The first kappa shape index (κ1) is 21.9. The van der Waals surface area contributed by atoms with E-state index in [0.29, 0.717) is 40.4 Å². The predicted octanol–water partition coefficient (Wildman–Crippen LogP) is 4.08. The average Bonchev–Trinajstić information content (AvgIpc) is 3.22. The van der Waals surface area contributed by atoms with Gasteiger partial charge >= 0.3 is 0 Å². The van der Waals surface area contributed by atoms with Crippen molar-refractivity contribution < 1.29 is 4.79 Å². The molecule has 0 aliphatic carbocycles. The fourth-order valence-electron chi connectivity index (χ4n) is 4.21. The molecule has 6 nitrogen and oxygen atoms in total. The van der Waals surface area contributed by atoms with Gasteiger partial charge in [0.05, 0.1) is 17.4 Å². The highest BCUT2D eigenvalue weighted by Crippen LogP contribution is 2.17. The fourth-order valence-corrected chi connectivity index (χ4v) is 4.92. The number of aromatic nitrogens is 2. The van der Waals surface area contributed by atoms with Crippen molar-refractivity contribution in [3.05, 3.63) is 73.2 Å². The molecule has 0 radical (unpaired) electrons. The van der Waals surface area contributed by atoms with E-state index in [1.165, 1.54) is 6.42 Å². The fraction of sp³-hybridized carbons (Fsp3) is 0.348. The number of carbonyl (C=O) groups excluding carboxylic acids is 1. The van der Waals surface area contributed by atoms with E-state index < -0.39 is 0 Å². The molecule has 1 saturated heterocycles. The number of halogens is 1. The van der Waals surface area contributed by atoms with Crippen molar-refractivity contribution >= 4 is 45.0 Å². The van der Waals surface area contributed by atoms with Crippen LogP contribution in [0.5, 0.6) is 0 Å². The van der Waals surface area contributed by atoms with Crippen LogP contribution in [0.1, 0.15) is 35.7 Å². The van der Waals surface area contributed by atoms with Crippen LogP contribution >= 0.6 is 28.1 Å². The molecule has 1 aliphatic heterocycles. The van der Waals surface area contributed by atoms with Gasteiger partial charge in [0.15, 0.2) is 4.77 Å². The van der Waals surface area contributed by atoms with E-state index in [1.54, 1.807) is 22.8 Å². The Labute approximate surface area is 194 Å². The van der Waals surface area contributed by atoms with Crippen LogP contribution in [0.2, 0.25) is 0 Å². The monoisotopic (exact) mass is 500 g/mol. The zero-order chi connectivity index (χ0) is 22.0. The smallest absolute Gasteiger partial charge is 0.262 e. The van der Waals surface area contributed by atoms with Crippen molar-refractivity contribution in [3.8, 4) is 0 Å². The largest absolute Gasteiger partial charge is 0.350 e. The molecule has 1 fully saturated rings. The molecule has 2 N–H and O–H groups in total. The molecule has 2 aromatic carbocycles. The van der Waals surface area contributed by atoms with Gasteiger partial charge in [-0.1, -0.05) is 35.0 Å². The maximum atomic E-state index is 13.0. The first-order valence-electron chi connectivity index (χ1n) is 10.5. The third kappa shape index (κ3) is 4.81. The van der Waals surface area contributed by atoms with E-state index in [2.05, 4.69) is 38.1 Å². The van der Waals surface area contributed by atoms with Crippen LogP contribution < -0.4 is 10.9 Å². The summed E-state index contributed by atoms with van der Waals surface area (Å²) in [5.74, 6) is -0.137. The molecule has 1 amide bonds. The Morgan fingerprint density at radius 2 is 2.13 bits per heavy atom. The first-order chi connectivity index (χ1) is 15.0. The van der Waals surface area contributed by atoms with E-state index >= 15 is 0 Å². The predicted molar refractivity (Wildman–Crippen MR) is 129 cm³/mol. The second-order valence-corrected chi connectivity index (χ2v) is 9.15. The molecule has 1 aromatic heterocycles. The van der Waals surface area contributed by atoms with E-state index in [-0.39, 0.29) is 11.5 Å². The van der Waals surface area contributed by atoms with Gasteiger partial charge in [0, 0.05) is 22.6 Å². The van der Waals surface area contributed by atoms with Crippen LogP contribution in [0.25, 0.3) is 10.9 Å². The molecule has 0 bridgehead atoms. The molecule has 2 heterocycles. The third-order valence-corrected chi connectivity index (χ3v) is 6.69. The summed E-state index contributed by atoms with van der Waals surface area (Å²) in [6, 6.07) is 13.3. The normalized spacial score (nSPS) is 16.6. The summed E-state index contributed by atoms with van der Waals surface area (Å²) in [5, 5.41) is 3.55. The highest BCUT2D eigenvalue weighted by atomic mass is 79.9. The van der Waals surface area contributed by atoms with Gasteiger partial charge in [0.25, 0.3) is 11.5 Å². The van der Waals surface area contributed by atoms with Gasteiger partial charge in [-0.15, -0.1) is 0 Å². The second kappa shape index (κ2) is 9.46. The summed E-state index contributed by atoms with van der Waals surface area (Å²) in [6.45, 7) is 5.25. The lowest BCUT2D eigenvalue weighted by Gasteiger charge is -2.22. The Kier molecular flexibility index (Phi) is 6.69. The van der Waals surface area contributed by atoms with Crippen LogP contribution in [0.15, 0.2) is 51.7 Å². The quantitative estimate of drug-likeness (QED) is 0.500. The Bertz CT molecular complexity index is 1240. The first-order valence-corrected chi connectivity index (χ1v) is 11.7. The van der Waals surface area contributed by atoms with Crippen molar-refractivity contribution in [3.63, 3.8) is 0 Å². The molecule has 8 heteroatoms. The number of carbonyl (C=O) groups is 1. The molecule has 4 rings (SSSR count). The summed E-state index contributed by atoms with van der Waals surface area (Å²) < 4.78 is 2.82. The maximum Gasteiger partial charge on any atom is 0.262 e. The number of hydrogen-bond acceptors (Lipinski definition) is 4. The number of amides is 1. The number of aromatic amines is 1. The molecule has 31 heavy (non-hydrogen) atoms. The Balaban J connectivity index is 1.56. The zero-order valence-corrected chi connectivity index (χ0v) is 19.8. The number of nitrogens with one attached hydrogen (secondary N) is 2. The van der Waals surface area contributed by atoms with Gasteiger partial charge in [-0.25, -0.2) is 0 Å². The highest BCUT2D eigenvalue weighted by molar-refractivity contribution is 9.10. The SMILES string of the molecule is CCN1CCCC1CNC(=O)c1ccc2c(=O)n(Cc3cccc(Br)c3)c(=S)[nH]c2c1. The molecular weight excluding hydrogens is 476 g/mol. The lowest BCUT2D eigenvalue weighted by molar-refractivity contribution is 0.0941. The molecule has 1 aliphatic rings. The van der Waals surface area contributed by atoms with Gasteiger partial charge in [0.1, 0.15) is 0 Å². The number of benzene rings is 2. The molecule has 0 spiro atoms. The van der Waals surface area contributed by atoms with Crippen LogP contribution in [0, 0.1) is 4.77 Å². The molecule has 0 saturated carbocycles.